The molecule has 0 aliphatic rings. The minimum atomic E-state index is -0.634. The van der Waals surface area contributed by atoms with Crippen LogP contribution in [0.3, 0.4) is 0 Å². The Morgan fingerprint density at radius 2 is 2.20 bits per heavy atom. The van der Waals surface area contributed by atoms with Crippen LogP contribution in [0.1, 0.15) is 0 Å². The van der Waals surface area contributed by atoms with Gasteiger partial charge in [0.05, 0.1) is 15.0 Å². The Hall–Kier alpha value is -2.42. The van der Waals surface area contributed by atoms with E-state index >= 15 is 0 Å². The largest absolute Gasteiger partial charge is 0.270 e. The summed E-state index contributed by atoms with van der Waals surface area (Å²) in [7, 11) is 0. The fraction of sp³-hybridized carbons (Fsp3) is 0. The highest BCUT2D eigenvalue weighted by atomic mass is 79.9. The normalized spacial score (nSPS) is 10.9. The number of hydrogen-bond acceptors (Lipinski definition) is 5. The number of benzene rings is 1. The van der Waals surface area contributed by atoms with Crippen LogP contribution in [0.2, 0.25) is 0 Å². The summed E-state index contributed by atoms with van der Waals surface area (Å²) in [5.41, 5.74) is -0.268. The van der Waals surface area contributed by atoms with E-state index in [-0.39, 0.29) is 22.9 Å². The minimum absolute atomic E-state index is 0.0387. The predicted molar refractivity (Wildman–Crippen MR) is 70.5 cm³/mol. The van der Waals surface area contributed by atoms with Gasteiger partial charge in [-0.25, -0.2) is 13.9 Å². The highest BCUT2D eigenvalue weighted by Crippen LogP contribution is 2.25. The zero-order valence-electron chi connectivity index (χ0n) is 9.70. The lowest BCUT2D eigenvalue weighted by Crippen LogP contribution is -1.93. The van der Waals surface area contributed by atoms with Gasteiger partial charge in [0.1, 0.15) is 5.82 Å². The van der Waals surface area contributed by atoms with Crippen molar-refractivity contribution in [3.63, 3.8) is 0 Å². The molecule has 1 aromatic carbocycles. The van der Waals surface area contributed by atoms with Gasteiger partial charge in [-0.2, -0.15) is 4.98 Å². The van der Waals surface area contributed by atoms with Crippen LogP contribution in [-0.4, -0.2) is 24.5 Å². The lowest BCUT2D eigenvalue weighted by Gasteiger charge is -1.97. The van der Waals surface area contributed by atoms with E-state index in [4.69, 9.17) is 0 Å². The first-order chi connectivity index (χ1) is 9.54. The highest BCUT2D eigenvalue weighted by Gasteiger charge is 2.16. The van der Waals surface area contributed by atoms with E-state index in [1.807, 2.05) is 0 Å². The Morgan fingerprint density at radius 3 is 2.95 bits per heavy atom. The Kier molecular flexibility index (Phi) is 2.90. The predicted octanol–water partition coefficient (Wildman–Crippen LogP) is 2.60. The number of aromatic nitrogens is 4. The Labute approximate surface area is 119 Å². The van der Waals surface area contributed by atoms with E-state index in [2.05, 4.69) is 31.0 Å². The number of non-ortho nitro benzene ring substituents is 1. The number of halogens is 2. The molecule has 3 rings (SSSR count). The molecule has 7 nitrogen and oxygen atoms in total. The highest BCUT2D eigenvalue weighted by molar-refractivity contribution is 9.10. The summed E-state index contributed by atoms with van der Waals surface area (Å²) < 4.78 is 15.8. The van der Waals surface area contributed by atoms with Gasteiger partial charge in [-0.3, -0.25) is 10.1 Å². The molecule has 0 atom stereocenters. The second-order valence-corrected chi connectivity index (χ2v) is 4.79. The maximum Gasteiger partial charge on any atom is 0.270 e. The molecule has 9 heteroatoms. The van der Waals surface area contributed by atoms with Gasteiger partial charge in [-0.1, -0.05) is 0 Å². The average molecular weight is 338 g/mol. The van der Waals surface area contributed by atoms with Crippen LogP contribution in [0.4, 0.5) is 10.1 Å². The number of fused-ring (bicyclic) bond motifs is 1. The first-order valence-electron chi connectivity index (χ1n) is 5.37. The summed E-state index contributed by atoms with van der Waals surface area (Å²) in [6.45, 7) is 0. The molecular formula is C11H5BrFN5O2. The van der Waals surface area contributed by atoms with Crippen molar-refractivity contribution in [3.8, 4) is 11.4 Å². The third kappa shape index (κ3) is 2.11. The van der Waals surface area contributed by atoms with Crippen molar-refractivity contribution in [3.05, 3.63) is 51.0 Å². The first-order valence-corrected chi connectivity index (χ1v) is 6.16. The molecule has 100 valence electrons. The molecule has 2 aromatic heterocycles. The lowest BCUT2D eigenvalue weighted by atomic mass is 10.2. The standard InChI is InChI=1S/C11H5BrFN5O2/c12-6-4-14-11-15-10(16-17(11)5-6)8-3-7(18(19)20)1-2-9(8)13/h1-5H. The quantitative estimate of drug-likeness (QED) is 0.530. The van der Waals surface area contributed by atoms with Gasteiger partial charge in [-0.15, -0.1) is 5.10 Å². The SMILES string of the molecule is O=[N+]([O-])c1ccc(F)c(-c2nc3ncc(Br)cn3n2)c1. The zero-order valence-corrected chi connectivity index (χ0v) is 11.3. The molecule has 0 unspecified atom stereocenters. The van der Waals surface area contributed by atoms with Gasteiger partial charge < -0.3 is 0 Å². The number of hydrogen-bond donors (Lipinski definition) is 0. The molecule has 0 bridgehead atoms. The number of nitro benzene ring substituents is 1. The zero-order chi connectivity index (χ0) is 14.3. The molecule has 0 aliphatic carbocycles. The van der Waals surface area contributed by atoms with E-state index in [0.29, 0.717) is 4.47 Å². The number of nitro groups is 1. The second-order valence-electron chi connectivity index (χ2n) is 3.87. The molecule has 0 saturated carbocycles. The van der Waals surface area contributed by atoms with E-state index in [1.165, 1.54) is 10.7 Å². The van der Waals surface area contributed by atoms with E-state index < -0.39 is 10.7 Å². The van der Waals surface area contributed by atoms with Crippen LogP contribution in [0.5, 0.6) is 0 Å². The fourth-order valence-electron chi connectivity index (χ4n) is 1.67. The summed E-state index contributed by atoms with van der Waals surface area (Å²) >= 11 is 3.23. The third-order valence-corrected chi connectivity index (χ3v) is 2.97. The van der Waals surface area contributed by atoms with Gasteiger partial charge >= 0.3 is 0 Å². The molecule has 0 radical (unpaired) electrons. The second kappa shape index (κ2) is 4.60. The summed E-state index contributed by atoms with van der Waals surface area (Å²) in [6.07, 6.45) is 3.13. The molecule has 0 saturated heterocycles. The topological polar surface area (TPSA) is 86.2 Å². The fourth-order valence-corrected chi connectivity index (χ4v) is 1.97. The van der Waals surface area contributed by atoms with E-state index in [0.717, 1.165) is 18.2 Å². The van der Waals surface area contributed by atoms with Gasteiger partial charge in [0.15, 0.2) is 5.82 Å². The van der Waals surface area contributed by atoms with Crippen molar-refractivity contribution in [1.82, 2.24) is 19.6 Å². The Morgan fingerprint density at radius 1 is 1.40 bits per heavy atom. The van der Waals surface area contributed by atoms with Crippen molar-refractivity contribution in [2.75, 3.05) is 0 Å². The minimum Gasteiger partial charge on any atom is -0.258 e. The molecule has 0 N–H and O–H groups in total. The van der Waals surface area contributed by atoms with Crippen molar-refractivity contribution in [2.45, 2.75) is 0 Å². The summed E-state index contributed by atoms with van der Waals surface area (Å²) in [6, 6.07) is 3.20. The van der Waals surface area contributed by atoms with Crippen LogP contribution < -0.4 is 0 Å². The van der Waals surface area contributed by atoms with Crippen LogP contribution in [0, 0.1) is 15.9 Å². The summed E-state index contributed by atoms with van der Waals surface area (Å²) in [5, 5.41) is 14.8. The Bertz CT molecular complexity index is 835. The van der Waals surface area contributed by atoms with Crippen LogP contribution >= 0.6 is 15.9 Å². The monoisotopic (exact) mass is 337 g/mol. The van der Waals surface area contributed by atoms with Gasteiger partial charge in [-0.05, 0) is 22.0 Å². The molecule has 2 heterocycles. The Balaban J connectivity index is 2.19. The molecule has 0 spiro atoms. The van der Waals surface area contributed by atoms with Gasteiger partial charge in [0, 0.05) is 24.5 Å². The van der Waals surface area contributed by atoms with Crippen LogP contribution in [0.15, 0.2) is 35.1 Å². The van der Waals surface area contributed by atoms with Crippen molar-refractivity contribution in [2.24, 2.45) is 0 Å². The van der Waals surface area contributed by atoms with Crippen LogP contribution in [-0.2, 0) is 0 Å². The molecule has 0 fully saturated rings. The lowest BCUT2D eigenvalue weighted by molar-refractivity contribution is -0.384. The summed E-state index contributed by atoms with van der Waals surface area (Å²) in [4.78, 5) is 18.2. The molecule has 20 heavy (non-hydrogen) atoms. The van der Waals surface area contributed by atoms with Crippen molar-refractivity contribution >= 4 is 27.4 Å². The summed E-state index contributed by atoms with van der Waals surface area (Å²) in [5.74, 6) is -0.323. The van der Waals surface area contributed by atoms with Gasteiger partial charge in [0.2, 0.25) is 0 Å². The van der Waals surface area contributed by atoms with E-state index in [1.54, 1.807) is 6.20 Å². The molecule has 0 aliphatic heterocycles. The molecule has 0 amide bonds. The van der Waals surface area contributed by atoms with E-state index in [9.17, 15) is 14.5 Å². The van der Waals surface area contributed by atoms with Gasteiger partial charge in [0.25, 0.3) is 11.5 Å². The maximum absolute atomic E-state index is 13.8. The molecule has 3 aromatic rings. The maximum atomic E-state index is 13.8. The van der Waals surface area contributed by atoms with Crippen molar-refractivity contribution in [1.29, 1.82) is 0 Å². The first kappa shape index (κ1) is 12.6. The number of rotatable bonds is 2. The third-order valence-electron chi connectivity index (χ3n) is 2.56. The number of nitrogens with zero attached hydrogens (tertiary/aromatic N) is 5. The van der Waals surface area contributed by atoms with Crippen molar-refractivity contribution < 1.29 is 9.31 Å². The smallest absolute Gasteiger partial charge is 0.258 e. The molecular weight excluding hydrogens is 333 g/mol. The average Bonchev–Trinajstić information content (AvgIpc) is 2.81. The van der Waals surface area contributed by atoms with Crippen LogP contribution in [0.25, 0.3) is 17.2 Å².